The highest BCUT2D eigenvalue weighted by molar-refractivity contribution is 7.17. The van der Waals surface area contributed by atoms with Gasteiger partial charge in [0, 0.05) is 18.1 Å². The summed E-state index contributed by atoms with van der Waals surface area (Å²) < 4.78 is 11.9. The Bertz CT molecular complexity index is 902. The molecule has 2 aromatic heterocycles. The maximum Gasteiger partial charge on any atom is 0.342 e. The van der Waals surface area contributed by atoms with E-state index < -0.39 is 23.9 Å². The van der Waals surface area contributed by atoms with E-state index in [9.17, 15) is 14.4 Å². The van der Waals surface area contributed by atoms with Gasteiger partial charge in [-0.15, -0.1) is 11.3 Å². The van der Waals surface area contributed by atoms with Gasteiger partial charge in [-0.3, -0.25) is 9.48 Å². The molecule has 0 aromatic carbocycles. The minimum atomic E-state index is -1.03. The third-order valence-corrected chi connectivity index (χ3v) is 5.69. The fourth-order valence-corrected chi connectivity index (χ4v) is 4.38. The number of carbonyl (C=O) groups excluding carboxylic acids is 3. The van der Waals surface area contributed by atoms with Gasteiger partial charge in [0.15, 0.2) is 6.10 Å². The Morgan fingerprint density at radius 2 is 2.04 bits per heavy atom. The summed E-state index contributed by atoms with van der Waals surface area (Å²) in [6.07, 6.45) is 5.60. The van der Waals surface area contributed by atoms with Gasteiger partial charge < -0.3 is 14.8 Å². The zero-order valence-electron chi connectivity index (χ0n) is 16.1. The van der Waals surface area contributed by atoms with E-state index >= 15 is 0 Å². The monoisotopic (exact) mass is 405 g/mol. The first-order valence-corrected chi connectivity index (χ1v) is 10.0. The lowest BCUT2D eigenvalue weighted by atomic mass is 9.95. The molecule has 0 bridgehead atoms. The summed E-state index contributed by atoms with van der Waals surface area (Å²) >= 11 is 1.39. The van der Waals surface area contributed by atoms with E-state index in [0.717, 1.165) is 36.1 Å². The van der Waals surface area contributed by atoms with Crippen LogP contribution in [-0.2, 0) is 34.2 Å². The van der Waals surface area contributed by atoms with Crippen molar-refractivity contribution < 1.29 is 23.9 Å². The molecule has 0 spiro atoms. The van der Waals surface area contributed by atoms with Crippen molar-refractivity contribution in [3.05, 3.63) is 34.0 Å². The number of hydrogen-bond acceptors (Lipinski definition) is 7. The second kappa shape index (κ2) is 8.55. The number of aryl methyl sites for hydroxylation is 2. The summed E-state index contributed by atoms with van der Waals surface area (Å²) in [6.45, 7) is 3.49. The zero-order chi connectivity index (χ0) is 20.3. The SMILES string of the molecule is CCOC(=O)c1c(NC(=O)[C@H](C)OC(=O)c2cnn(C)c2)sc2c1CCCC2. The molecule has 150 valence electrons. The molecular formula is C19H23N3O5S. The molecule has 28 heavy (non-hydrogen) atoms. The molecule has 9 heteroatoms. The molecule has 2 heterocycles. The van der Waals surface area contributed by atoms with Crippen molar-refractivity contribution in [2.45, 2.75) is 45.6 Å². The number of nitrogens with zero attached hydrogens (tertiary/aromatic N) is 2. The standard InChI is InChI=1S/C19H23N3O5S/c1-4-26-19(25)15-13-7-5-6-8-14(13)28-17(15)21-16(23)11(2)27-18(24)12-9-20-22(3)10-12/h9-11H,4-8H2,1-3H3,(H,21,23)/t11-/m0/s1. The van der Waals surface area contributed by atoms with Crippen LogP contribution in [0.3, 0.4) is 0 Å². The van der Waals surface area contributed by atoms with Gasteiger partial charge in [0.2, 0.25) is 0 Å². The summed E-state index contributed by atoms with van der Waals surface area (Å²) in [7, 11) is 1.68. The first kappa shape index (κ1) is 20.1. The van der Waals surface area contributed by atoms with Gasteiger partial charge >= 0.3 is 11.9 Å². The van der Waals surface area contributed by atoms with Crippen LogP contribution in [0.4, 0.5) is 5.00 Å². The maximum absolute atomic E-state index is 12.6. The van der Waals surface area contributed by atoms with Gasteiger partial charge in [0.05, 0.1) is 23.9 Å². The first-order chi connectivity index (χ1) is 13.4. The molecule has 0 radical (unpaired) electrons. The van der Waals surface area contributed by atoms with Crippen LogP contribution in [0.5, 0.6) is 0 Å². The summed E-state index contributed by atoms with van der Waals surface area (Å²) in [6, 6.07) is 0. The fourth-order valence-electron chi connectivity index (χ4n) is 3.10. The Morgan fingerprint density at radius 3 is 2.71 bits per heavy atom. The van der Waals surface area contributed by atoms with Crippen molar-refractivity contribution in [3.63, 3.8) is 0 Å². The van der Waals surface area contributed by atoms with E-state index in [0.29, 0.717) is 10.6 Å². The van der Waals surface area contributed by atoms with Crippen molar-refractivity contribution in [2.24, 2.45) is 7.05 Å². The summed E-state index contributed by atoms with van der Waals surface area (Å²) in [4.78, 5) is 38.2. The van der Waals surface area contributed by atoms with Crippen molar-refractivity contribution in [2.75, 3.05) is 11.9 Å². The number of esters is 2. The predicted octanol–water partition coefficient (Wildman–Crippen LogP) is 2.72. The zero-order valence-corrected chi connectivity index (χ0v) is 16.9. The van der Waals surface area contributed by atoms with Crippen LogP contribution in [0.1, 0.15) is 57.8 Å². The van der Waals surface area contributed by atoms with E-state index in [1.54, 1.807) is 14.0 Å². The van der Waals surface area contributed by atoms with Crippen molar-refractivity contribution in [1.29, 1.82) is 0 Å². The Balaban J connectivity index is 1.74. The van der Waals surface area contributed by atoms with Gasteiger partial charge in [-0.2, -0.15) is 5.10 Å². The maximum atomic E-state index is 12.6. The minimum Gasteiger partial charge on any atom is -0.462 e. The number of nitrogens with one attached hydrogen (secondary N) is 1. The Morgan fingerprint density at radius 1 is 1.29 bits per heavy atom. The van der Waals surface area contributed by atoms with Crippen LogP contribution in [0.15, 0.2) is 12.4 Å². The third-order valence-electron chi connectivity index (χ3n) is 4.48. The van der Waals surface area contributed by atoms with Crippen LogP contribution in [-0.4, -0.2) is 40.3 Å². The molecule has 0 saturated carbocycles. The number of thiophene rings is 1. The van der Waals surface area contributed by atoms with Gasteiger partial charge in [-0.05, 0) is 45.1 Å². The number of anilines is 1. The second-order valence-corrected chi connectivity index (χ2v) is 7.68. The normalized spacial score (nSPS) is 14.1. The molecule has 1 N–H and O–H groups in total. The fraction of sp³-hybridized carbons (Fsp3) is 0.474. The number of carbonyl (C=O) groups is 3. The number of amides is 1. The average molecular weight is 405 g/mol. The minimum absolute atomic E-state index is 0.260. The average Bonchev–Trinajstić information content (AvgIpc) is 3.25. The Labute approximate surface area is 166 Å². The quantitative estimate of drug-likeness (QED) is 0.742. The molecule has 0 fully saturated rings. The molecule has 8 nitrogen and oxygen atoms in total. The third kappa shape index (κ3) is 4.24. The molecule has 0 saturated heterocycles. The van der Waals surface area contributed by atoms with E-state index in [1.165, 1.54) is 35.3 Å². The van der Waals surface area contributed by atoms with Crippen molar-refractivity contribution in [1.82, 2.24) is 9.78 Å². The molecule has 0 unspecified atom stereocenters. The number of hydrogen-bond donors (Lipinski definition) is 1. The number of rotatable bonds is 6. The molecule has 3 rings (SSSR count). The molecule has 0 aliphatic heterocycles. The van der Waals surface area contributed by atoms with E-state index in [4.69, 9.17) is 9.47 Å². The lowest BCUT2D eigenvalue weighted by molar-refractivity contribution is -0.123. The second-order valence-electron chi connectivity index (χ2n) is 6.57. The van der Waals surface area contributed by atoms with Crippen LogP contribution >= 0.6 is 11.3 Å². The van der Waals surface area contributed by atoms with Crippen LogP contribution in [0.25, 0.3) is 0 Å². The molecule has 1 amide bonds. The Kier molecular flexibility index (Phi) is 6.13. The molecule has 1 aliphatic rings. The largest absolute Gasteiger partial charge is 0.462 e. The summed E-state index contributed by atoms with van der Waals surface area (Å²) in [5.74, 6) is -1.56. The smallest absolute Gasteiger partial charge is 0.342 e. The highest BCUT2D eigenvalue weighted by atomic mass is 32.1. The number of fused-ring (bicyclic) bond motifs is 1. The van der Waals surface area contributed by atoms with Gasteiger partial charge in [0.1, 0.15) is 5.00 Å². The number of ether oxygens (including phenoxy) is 2. The highest BCUT2D eigenvalue weighted by Crippen LogP contribution is 2.38. The predicted molar refractivity (Wildman–Crippen MR) is 104 cm³/mol. The Hall–Kier alpha value is -2.68. The lowest BCUT2D eigenvalue weighted by Crippen LogP contribution is -2.30. The molecule has 1 aliphatic carbocycles. The van der Waals surface area contributed by atoms with Crippen LogP contribution < -0.4 is 5.32 Å². The van der Waals surface area contributed by atoms with E-state index in [2.05, 4.69) is 10.4 Å². The molecular weight excluding hydrogens is 382 g/mol. The van der Waals surface area contributed by atoms with Gasteiger partial charge in [0.25, 0.3) is 5.91 Å². The highest BCUT2D eigenvalue weighted by Gasteiger charge is 2.29. The topological polar surface area (TPSA) is 99.5 Å². The first-order valence-electron chi connectivity index (χ1n) is 9.22. The lowest BCUT2D eigenvalue weighted by Gasteiger charge is -2.14. The molecule has 2 aromatic rings. The van der Waals surface area contributed by atoms with Gasteiger partial charge in [-0.1, -0.05) is 0 Å². The van der Waals surface area contributed by atoms with Crippen LogP contribution in [0, 0.1) is 0 Å². The van der Waals surface area contributed by atoms with E-state index in [1.807, 2.05) is 0 Å². The van der Waals surface area contributed by atoms with Crippen molar-refractivity contribution >= 4 is 34.2 Å². The van der Waals surface area contributed by atoms with Crippen LogP contribution in [0.2, 0.25) is 0 Å². The van der Waals surface area contributed by atoms with Crippen molar-refractivity contribution in [3.8, 4) is 0 Å². The molecule has 1 atom stereocenters. The van der Waals surface area contributed by atoms with Gasteiger partial charge in [-0.25, -0.2) is 9.59 Å². The van der Waals surface area contributed by atoms with E-state index in [-0.39, 0.29) is 12.2 Å². The number of aromatic nitrogens is 2. The summed E-state index contributed by atoms with van der Waals surface area (Å²) in [5.41, 5.74) is 1.66. The summed E-state index contributed by atoms with van der Waals surface area (Å²) in [5, 5.41) is 7.12.